The van der Waals surface area contributed by atoms with E-state index in [4.69, 9.17) is 0 Å². The van der Waals surface area contributed by atoms with Crippen LogP contribution in [0.3, 0.4) is 0 Å². The Morgan fingerprint density at radius 2 is 2.07 bits per heavy atom. The van der Waals surface area contributed by atoms with Gasteiger partial charge in [-0.1, -0.05) is 12.1 Å². The summed E-state index contributed by atoms with van der Waals surface area (Å²) >= 11 is 1.26. The Morgan fingerprint density at radius 1 is 1.33 bits per heavy atom. The molecule has 3 rings (SSSR count). The van der Waals surface area contributed by atoms with Crippen LogP contribution in [0.1, 0.15) is 12.0 Å². The molecule has 142 valence electrons. The quantitative estimate of drug-likeness (QED) is 0.562. The maximum atomic E-state index is 12.3. The monoisotopic (exact) mass is 390 g/mol. The van der Waals surface area contributed by atoms with Crippen LogP contribution in [0, 0.1) is 0 Å². The van der Waals surface area contributed by atoms with E-state index < -0.39 is 23.2 Å². The smallest absolute Gasteiger partial charge is 0.326 e. The molecule has 1 aromatic heterocycles. The lowest BCUT2D eigenvalue weighted by molar-refractivity contribution is -0.141. The van der Waals surface area contributed by atoms with E-state index >= 15 is 0 Å². The number of aliphatic carboxylic acids is 1. The summed E-state index contributed by atoms with van der Waals surface area (Å²) in [7, 11) is 1.51. The van der Waals surface area contributed by atoms with Gasteiger partial charge in [0.05, 0.1) is 10.9 Å². The number of aryl methyl sites for hydroxylation is 1. The number of H-pyrrole nitrogens is 1. The fraction of sp³-hybridized carbons (Fsp3) is 0.294. The first-order valence-electron chi connectivity index (χ1n) is 8.17. The van der Waals surface area contributed by atoms with Crippen LogP contribution in [0.25, 0.3) is 0 Å². The minimum Gasteiger partial charge on any atom is -0.480 e. The number of nitrogens with one attached hydrogen (secondary N) is 3. The number of para-hydroxylation sites is 1. The molecule has 2 heterocycles. The molecule has 4 N–H and O–H groups in total. The molecular formula is C17H18N4O5S. The molecule has 9 nitrogen and oxygen atoms in total. The summed E-state index contributed by atoms with van der Waals surface area (Å²) in [5.41, 5.74) is 0.592. The van der Waals surface area contributed by atoms with Gasteiger partial charge in [0.15, 0.2) is 0 Å². The first-order valence-corrected chi connectivity index (χ1v) is 9.05. The van der Waals surface area contributed by atoms with Gasteiger partial charge in [-0.25, -0.2) is 4.79 Å². The van der Waals surface area contributed by atoms with Crippen LogP contribution in [-0.4, -0.2) is 44.0 Å². The van der Waals surface area contributed by atoms with Gasteiger partial charge in [0, 0.05) is 36.5 Å². The normalized spacial score (nSPS) is 16.9. The molecule has 1 aliphatic heterocycles. The molecule has 1 aromatic carbocycles. The highest BCUT2D eigenvalue weighted by Gasteiger charge is 2.30. The Morgan fingerprint density at radius 3 is 2.74 bits per heavy atom. The van der Waals surface area contributed by atoms with Crippen LogP contribution in [0.5, 0.6) is 0 Å². The van der Waals surface area contributed by atoms with Gasteiger partial charge >= 0.3 is 5.97 Å². The SMILES string of the molecule is Cn1[nH]cc(C[C@@H](NC(=O)CC2Sc3ccccc3NC2=O)C(=O)O)c1=O. The van der Waals surface area contributed by atoms with E-state index in [2.05, 4.69) is 15.7 Å². The third-order valence-corrected chi connectivity index (χ3v) is 5.42. The molecule has 2 aromatic rings. The van der Waals surface area contributed by atoms with E-state index in [-0.39, 0.29) is 29.9 Å². The van der Waals surface area contributed by atoms with Gasteiger partial charge in [-0.05, 0) is 12.1 Å². The number of carboxylic acid groups (broad SMARTS) is 1. The Labute approximate surface area is 158 Å². The molecule has 10 heteroatoms. The van der Waals surface area contributed by atoms with Crippen LogP contribution in [0.2, 0.25) is 0 Å². The number of rotatable bonds is 6. The van der Waals surface area contributed by atoms with E-state index in [0.717, 1.165) is 4.90 Å². The van der Waals surface area contributed by atoms with E-state index in [9.17, 15) is 24.3 Å². The number of aromatic amines is 1. The number of carbonyl (C=O) groups excluding carboxylic acids is 2. The highest BCUT2D eigenvalue weighted by atomic mass is 32.2. The molecule has 0 radical (unpaired) electrons. The summed E-state index contributed by atoms with van der Waals surface area (Å²) in [6.45, 7) is 0. The Kier molecular flexibility index (Phi) is 5.36. The maximum Gasteiger partial charge on any atom is 0.326 e. The molecule has 2 atom stereocenters. The van der Waals surface area contributed by atoms with E-state index in [1.54, 1.807) is 12.1 Å². The number of anilines is 1. The summed E-state index contributed by atoms with van der Waals surface area (Å²) in [6.07, 6.45) is 1.09. The van der Waals surface area contributed by atoms with E-state index in [1.807, 2.05) is 12.1 Å². The predicted octanol–water partition coefficient (Wildman–Crippen LogP) is 0.328. The summed E-state index contributed by atoms with van der Waals surface area (Å²) < 4.78 is 1.22. The van der Waals surface area contributed by atoms with Crippen molar-refractivity contribution in [3.63, 3.8) is 0 Å². The average Bonchev–Trinajstić information content (AvgIpc) is 2.93. The fourth-order valence-electron chi connectivity index (χ4n) is 2.73. The highest BCUT2D eigenvalue weighted by Crippen LogP contribution is 2.36. The molecule has 0 fully saturated rings. The Bertz CT molecular complexity index is 951. The van der Waals surface area contributed by atoms with Gasteiger partial charge < -0.3 is 20.8 Å². The van der Waals surface area contributed by atoms with Crippen LogP contribution >= 0.6 is 11.8 Å². The number of hydrogen-bond acceptors (Lipinski definition) is 5. The van der Waals surface area contributed by atoms with Gasteiger partial charge in [-0.3, -0.25) is 19.1 Å². The topological polar surface area (TPSA) is 133 Å². The van der Waals surface area contributed by atoms with Crippen molar-refractivity contribution < 1.29 is 19.5 Å². The number of thioether (sulfide) groups is 1. The van der Waals surface area contributed by atoms with Crippen molar-refractivity contribution in [2.75, 3.05) is 5.32 Å². The maximum absolute atomic E-state index is 12.3. The first kappa shape index (κ1) is 18.8. The lowest BCUT2D eigenvalue weighted by Gasteiger charge is -2.24. The second-order valence-corrected chi connectivity index (χ2v) is 7.37. The summed E-state index contributed by atoms with van der Waals surface area (Å²) in [5.74, 6) is -2.13. The number of carbonyl (C=O) groups is 3. The van der Waals surface area contributed by atoms with E-state index in [1.165, 1.54) is 29.7 Å². The van der Waals surface area contributed by atoms with Crippen LogP contribution in [0.15, 0.2) is 40.2 Å². The van der Waals surface area contributed by atoms with Crippen molar-refractivity contribution in [3.8, 4) is 0 Å². The highest BCUT2D eigenvalue weighted by molar-refractivity contribution is 8.01. The largest absolute Gasteiger partial charge is 0.480 e. The summed E-state index contributed by atoms with van der Waals surface area (Å²) in [5, 5.41) is 16.5. The standard InChI is InChI=1S/C17H18N4O5S/c1-21-16(24)9(8-18-21)6-11(17(25)26)19-14(22)7-13-15(23)20-10-4-2-3-5-12(10)27-13/h2-5,8,11,13,18H,6-7H2,1H3,(H,19,22)(H,20,23)(H,25,26)/t11-,13?/m1/s1. The molecular weight excluding hydrogens is 372 g/mol. The van der Waals surface area contributed by atoms with Gasteiger partial charge in [0.25, 0.3) is 5.56 Å². The number of hydrogen-bond donors (Lipinski definition) is 4. The number of nitrogens with zero attached hydrogens (tertiary/aromatic N) is 1. The van der Waals surface area contributed by atoms with Gasteiger partial charge in [-0.15, -0.1) is 11.8 Å². The third-order valence-electron chi connectivity index (χ3n) is 4.15. The predicted molar refractivity (Wildman–Crippen MR) is 98.6 cm³/mol. The molecule has 0 saturated carbocycles. The zero-order valence-electron chi connectivity index (χ0n) is 14.4. The van der Waals surface area contributed by atoms with Crippen molar-refractivity contribution in [2.45, 2.75) is 29.0 Å². The number of carboxylic acids is 1. The Balaban J connectivity index is 1.65. The van der Waals surface area contributed by atoms with Gasteiger partial charge in [0.2, 0.25) is 11.8 Å². The molecule has 1 aliphatic rings. The minimum absolute atomic E-state index is 0.149. The lowest BCUT2D eigenvalue weighted by Crippen LogP contribution is -2.45. The first-order chi connectivity index (χ1) is 12.8. The molecule has 0 spiro atoms. The zero-order chi connectivity index (χ0) is 19.6. The number of aromatic nitrogens is 2. The minimum atomic E-state index is -1.26. The number of fused-ring (bicyclic) bond motifs is 1. The Hall–Kier alpha value is -3.01. The third kappa shape index (κ3) is 4.22. The molecule has 0 saturated heterocycles. The van der Waals surface area contributed by atoms with Crippen molar-refractivity contribution in [1.82, 2.24) is 15.1 Å². The van der Waals surface area contributed by atoms with Crippen LogP contribution in [0.4, 0.5) is 5.69 Å². The second-order valence-electron chi connectivity index (χ2n) is 6.12. The van der Waals surface area contributed by atoms with Gasteiger partial charge in [0.1, 0.15) is 6.04 Å². The number of benzene rings is 1. The molecule has 27 heavy (non-hydrogen) atoms. The number of amides is 2. The van der Waals surface area contributed by atoms with E-state index in [0.29, 0.717) is 5.69 Å². The second kappa shape index (κ2) is 7.70. The lowest BCUT2D eigenvalue weighted by atomic mass is 10.1. The zero-order valence-corrected chi connectivity index (χ0v) is 15.2. The molecule has 2 amide bonds. The summed E-state index contributed by atoms with van der Waals surface area (Å²) in [4.78, 5) is 48.6. The molecule has 0 aliphatic carbocycles. The average molecular weight is 390 g/mol. The summed E-state index contributed by atoms with van der Waals surface area (Å²) in [6, 6.07) is 5.98. The van der Waals surface area contributed by atoms with Crippen LogP contribution < -0.4 is 16.2 Å². The van der Waals surface area contributed by atoms with Crippen molar-refractivity contribution in [2.24, 2.45) is 7.05 Å². The van der Waals surface area contributed by atoms with Crippen molar-refractivity contribution in [3.05, 3.63) is 46.4 Å². The van der Waals surface area contributed by atoms with Crippen molar-refractivity contribution in [1.29, 1.82) is 0 Å². The fourth-order valence-corrected chi connectivity index (χ4v) is 3.84. The molecule has 1 unspecified atom stereocenters. The van der Waals surface area contributed by atoms with Gasteiger partial charge in [-0.2, -0.15) is 0 Å². The molecule has 0 bridgehead atoms. The van der Waals surface area contributed by atoms with Crippen molar-refractivity contribution >= 4 is 35.2 Å². The van der Waals surface area contributed by atoms with Crippen LogP contribution in [-0.2, 0) is 27.9 Å².